The van der Waals surface area contributed by atoms with Crippen LogP contribution in [0.25, 0.3) is 0 Å². The molecular formula is C13H17N2O6-. The van der Waals surface area contributed by atoms with Crippen LogP contribution in [0.15, 0.2) is 24.3 Å². The van der Waals surface area contributed by atoms with Gasteiger partial charge in [-0.3, -0.25) is 5.21 Å². The first-order valence-electron chi connectivity index (χ1n) is 6.09. The van der Waals surface area contributed by atoms with E-state index >= 15 is 0 Å². The first-order valence-corrected chi connectivity index (χ1v) is 6.09. The molecule has 21 heavy (non-hydrogen) atoms. The van der Waals surface area contributed by atoms with Gasteiger partial charge in [-0.15, -0.1) is 0 Å². The number of carboxylic acid groups (broad SMARTS) is 1. The Hall–Kier alpha value is -2.32. The highest BCUT2D eigenvalue weighted by Gasteiger charge is 2.27. The molecule has 1 aromatic carbocycles. The maximum atomic E-state index is 11.7. The van der Waals surface area contributed by atoms with Crippen LogP contribution in [0.4, 0.5) is 10.5 Å². The van der Waals surface area contributed by atoms with E-state index < -0.39 is 28.9 Å². The number of nitrogens with zero attached hydrogens (tertiary/aromatic N) is 1. The topological polar surface area (TPSA) is 122 Å². The number of para-hydroxylation sites is 1. The fourth-order valence-electron chi connectivity index (χ4n) is 1.60. The smallest absolute Gasteiger partial charge is 0.408 e. The Balaban J connectivity index is 3.04. The molecule has 1 unspecified atom stereocenters. The van der Waals surface area contributed by atoms with Crippen LogP contribution in [-0.2, 0) is 9.53 Å². The predicted octanol–water partition coefficient (Wildman–Crippen LogP) is 2.03. The maximum absolute atomic E-state index is 11.7. The van der Waals surface area contributed by atoms with E-state index in [0.29, 0.717) is 0 Å². The summed E-state index contributed by atoms with van der Waals surface area (Å²) in [6.07, 6.45) is -0.944. The van der Waals surface area contributed by atoms with Gasteiger partial charge in [0, 0.05) is 5.56 Å². The minimum atomic E-state index is -1.53. The second-order valence-corrected chi connectivity index (χ2v) is 5.25. The fourth-order valence-corrected chi connectivity index (χ4v) is 1.60. The van der Waals surface area contributed by atoms with Gasteiger partial charge in [-0.25, -0.2) is 9.59 Å². The molecule has 0 heterocycles. The number of hydrogen-bond donors (Lipinski definition) is 3. The highest BCUT2D eigenvalue weighted by Crippen LogP contribution is 2.25. The van der Waals surface area contributed by atoms with E-state index in [-0.39, 0.29) is 11.3 Å². The van der Waals surface area contributed by atoms with E-state index in [1.807, 2.05) is 0 Å². The lowest BCUT2D eigenvalue weighted by Crippen LogP contribution is -2.38. The van der Waals surface area contributed by atoms with Crippen molar-refractivity contribution in [2.45, 2.75) is 32.4 Å². The van der Waals surface area contributed by atoms with E-state index in [9.17, 15) is 19.9 Å². The monoisotopic (exact) mass is 297 g/mol. The third-order valence-corrected chi connectivity index (χ3v) is 2.36. The van der Waals surface area contributed by atoms with Crippen LogP contribution in [0.3, 0.4) is 0 Å². The van der Waals surface area contributed by atoms with Gasteiger partial charge in [0.1, 0.15) is 5.60 Å². The molecule has 1 aromatic rings. The van der Waals surface area contributed by atoms with Crippen LogP contribution in [0.1, 0.15) is 32.4 Å². The fraction of sp³-hybridized carbons (Fsp3) is 0.385. The number of carbonyl (C=O) groups excluding carboxylic acids is 1. The van der Waals surface area contributed by atoms with Gasteiger partial charge in [-0.05, 0) is 26.8 Å². The Morgan fingerprint density at radius 1 is 1.33 bits per heavy atom. The average Bonchev–Trinajstić information content (AvgIpc) is 2.33. The zero-order valence-electron chi connectivity index (χ0n) is 11.9. The van der Waals surface area contributed by atoms with Crippen molar-refractivity contribution in [2.24, 2.45) is 0 Å². The molecule has 0 spiro atoms. The minimum Gasteiger partial charge on any atom is -0.733 e. The number of carbonyl (C=O) groups is 2. The number of carboxylic acids is 1. The van der Waals surface area contributed by atoms with Gasteiger partial charge in [-0.2, -0.15) is 0 Å². The summed E-state index contributed by atoms with van der Waals surface area (Å²) in [4.78, 5) is 23.0. The van der Waals surface area contributed by atoms with E-state index in [1.54, 1.807) is 20.8 Å². The van der Waals surface area contributed by atoms with Crippen LogP contribution < -0.4 is 10.5 Å². The van der Waals surface area contributed by atoms with Crippen LogP contribution in [0, 0.1) is 5.21 Å². The van der Waals surface area contributed by atoms with Crippen molar-refractivity contribution in [1.82, 2.24) is 5.32 Å². The molecule has 0 saturated carbocycles. The summed E-state index contributed by atoms with van der Waals surface area (Å²) in [5, 5.41) is 30.9. The largest absolute Gasteiger partial charge is 0.733 e. The van der Waals surface area contributed by atoms with Gasteiger partial charge in [0.05, 0.1) is 5.69 Å². The average molecular weight is 297 g/mol. The summed E-state index contributed by atoms with van der Waals surface area (Å²) in [5.41, 5.74) is -1.14. The second-order valence-electron chi connectivity index (χ2n) is 5.25. The summed E-state index contributed by atoms with van der Waals surface area (Å²) in [7, 11) is 0. The summed E-state index contributed by atoms with van der Waals surface area (Å²) in [6.45, 7) is 4.89. The van der Waals surface area contributed by atoms with Gasteiger partial charge in [0.2, 0.25) is 0 Å². The van der Waals surface area contributed by atoms with Crippen molar-refractivity contribution in [2.75, 3.05) is 5.23 Å². The van der Waals surface area contributed by atoms with Crippen LogP contribution >= 0.6 is 0 Å². The molecule has 0 radical (unpaired) electrons. The Bertz CT molecular complexity index is 524. The molecule has 0 aliphatic rings. The number of ether oxygens (including phenoxy) is 1. The third kappa shape index (κ3) is 4.93. The molecule has 0 bridgehead atoms. The van der Waals surface area contributed by atoms with Crippen molar-refractivity contribution in [3.63, 3.8) is 0 Å². The quantitative estimate of drug-likeness (QED) is 0.726. The summed E-state index contributed by atoms with van der Waals surface area (Å²) in [5.74, 6) is -1.39. The number of rotatable bonds is 4. The Morgan fingerprint density at radius 3 is 2.38 bits per heavy atom. The zero-order chi connectivity index (χ0) is 16.2. The van der Waals surface area contributed by atoms with Gasteiger partial charge in [-0.1, -0.05) is 18.2 Å². The van der Waals surface area contributed by atoms with Gasteiger partial charge in [0.15, 0.2) is 6.04 Å². The van der Waals surface area contributed by atoms with Crippen LogP contribution in [-0.4, -0.2) is 28.0 Å². The number of amides is 1. The third-order valence-electron chi connectivity index (χ3n) is 2.36. The zero-order valence-corrected chi connectivity index (χ0v) is 11.9. The molecule has 0 aliphatic heterocycles. The molecule has 0 saturated heterocycles. The van der Waals surface area contributed by atoms with Gasteiger partial charge in [0.25, 0.3) is 0 Å². The maximum Gasteiger partial charge on any atom is 0.408 e. The van der Waals surface area contributed by atoms with Crippen molar-refractivity contribution in [3.05, 3.63) is 35.0 Å². The molecule has 1 atom stereocenters. The molecular weight excluding hydrogens is 280 g/mol. The highest BCUT2D eigenvalue weighted by molar-refractivity contribution is 5.83. The van der Waals surface area contributed by atoms with Crippen molar-refractivity contribution < 1.29 is 24.6 Å². The lowest BCUT2D eigenvalue weighted by molar-refractivity contribution is -0.139. The van der Waals surface area contributed by atoms with Crippen LogP contribution in [0.2, 0.25) is 0 Å². The molecule has 0 aliphatic carbocycles. The van der Waals surface area contributed by atoms with Crippen LogP contribution in [0.5, 0.6) is 0 Å². The first kappa shape index (κ1) is 16.7. The number of anilines is 1. The Morgan fingerprint density at radius 2 is 1.90 bits per heavy atom. The molecule has 0 aromatic heterocycles. The Labute approximate surface area is 121 Å². The summed E-state index contributed by atoms with van der Waals surface area (Å²) < 4.78 is 4.97. The lowest BCUT2D eigenvalue weighted by atomic mass is 10.1. The molecule has 8 nitrogen and oxygen atoms in total. The highest BCUT2D eigenvalue weighted by atomic mass is 16.8. The van der Waals surface area contributed by atoms with E-state index in [2.05, 4.69) is 5.32 Å². The normalized spacial score (nSPS) is 12.4. The molecule has 1 amide bonds. The lowest BCUT2D eigenvalue weighted by Gasteiger charge is -2.27. The Kier molecular flexibility index (Phi) is 5.12. The summed E-state index contributed by atoms with van der Waals surface area (Å²) >= 11 is 0. The first-order chi connectivity index (χ1) is 9.61. The van der Waals surface area contributed by atoms with Gasteiger partial charge < -0.3 is 25.6 Å². The predicted molar refractivity (Wildman–Crippen MR) is 73.8 cm³/mol. The van der Waals surface area contributed by atoms with Crippen molar-refractivity contribution in [3.8, 4) is 0 Å². The van der Waals surface area contributed by atoms with E-state index in [4.69, 9.17) is 9.94 Å². The number of aliphatic carboxylic acids is 1. The van der Waals surface area contributed by atoms with E-state index in [0.717, 1.165) is 0 Å². The number of nitrogens with one attached hydrogen (secondary N) is 1. The number of benzene rings is 1. The number of hydrogen-bond acceptors (Lipinski definition) is 6. The molecule has 8 heteroatoms. The van der Waals surface area contributed by atoms with Crippen molar-refractivity contribution >= 4 is 17.7 Å². The van der Waals surface area contributed by atoms with Gasteiger partial charge >= 0.3 is 12.1 Å². The molecule has 0 fully saturated rings. The van der Waals surface area contributed by atoms with Crippen molar-refractivity contribution in [1.29, 1.82) is 0 Å². The SMILES string of the molecule is CC(C)(C)OC(=O)NC(C(=O)O)c1ccccc1N([O-])O. The molecule has 116 valence electrons. The molecule has 1 rings (SSSR count). The molecule has 3 N–H and O–H groups in total. The standard InChI is InChI=1S/C13H17N2O6/c1-13(2,3)21-12(18)14-10(11(16)17)8-6-4-5-7-9(8)15(19)20/h4-7,10,19H,1-3H3,(H,14,18)(H,16,17)/q-1. The second kappa shape index (κ2) is 6.42. The minimum absolute atomic E-state index is 0.0617. The number of alkyl carbamates (subject to hydrolysis) is 1. The summed E-state index contributed by atoms with van der Waals surface area (Å²) in [6, 6.07) is 3.95. The van der Waals surface area contributed by atoms with E-state index in [1.165, 1.54) is 24.3 Å².